The minimum absolute atomic E-state index is 0.0473. The fourth-order valence-electron chi connectivity index (χ4n) is 2.52. The van der Waals surface area contributed by atoms with Gasteiger partial charge in [0.1, 0.15) is 11.5 Å². The quantitative estimate of drug-likeness (QED) is 0.841. The van der Waals surface area contributed by atoms with Gasteiger partial charge < -0.3 is 14.4 Å². The second-order valence-electron chi connectivity index (χ2n) is 5.06. The molecule has 1 fully saturated rings. The highest BCUT2D eigenvalue weighted by molar-refractivity contribution is 5.97. The van der Waals surface area contributed by atoms with Crippen LogP contribution in [0.4, 0.5) is 0 Å². The van der Waals surface area contributed by atoms with Gasteiger partial charge in [-0.15, -0.1) is 0 Å². The Balaban J connectivity index is 2.22. The second kappa shape index (κ2) is 5.95. The van der Waals surface area contributed by atoms with E-state index < -0.39 is 0 Å². The molecule has 0 spiro atoms. The molecule has 4 heteroatoms. The lowest BCUT2D eigenvalue weighted by Crippen LogP contribution is -2.39. The van der Waals surface area contributed by atoms with Gasteiger partial charge in [-0.1, -0.05) is 6.92 Å². The molecule has 1 amide bonds. The smallest absolute Gasteiger partial charge is 0.257 e. The van der Waals surface area contributed by atoms with E-state index in [2.05, 4.69) is 6.92 Å². The normalized spacial score (nSPS) is 19.1. The zero-order valence-corrected chi connectivity index (χ0v) is 11.8. The first-order valence-electron chi connectivity index (χ1n) is 6.67. The summed E-state index contributed by atoms with van der Waals surface area (Å²) in [4.78, 5) is 14.4. The number of hydrogen-bond acceptors (Lipinski definition) is 3. The number of nitrogens with zero attached hydrogens (tertiary/aromatic N) is 1. The summed E-state index contributed by atoms with van der Waals surface area (Å²) >= 11 is 0. The van der Waals surface area contributed by atoms with Gasteiger partial charge in [-0.3, -0.25) is 4.79 Å². The standard InChI is InChI=1S/C15H21NO3/c1-11-5-4-8-16(10-11)15(17)13-7-6-12(18-2)9-14(13)19-3/h6-7,9,11H,4-5,8,10H2,1-3H3/t11-/m0/s1. The maximum atomic E-state index is 12.5. The number of piperidine rings is 1. The Morgan fingerprint density at radius 2 is 2.11 bits per heavy atom. The van der Waals surface area contributed by atoms with E-state index >= 15 is 0 Å². The van der Waals surface area contributed by atoms with Gasteiger partial charge in [-0.25, -0.2) is 0 Å². The van der Waals surface area contributed by atoms with Crippen LogP contribution in [-0.4, -0.2) is 38.1 Å². The molecule has 2 rings (SSSR count). The van der Waals surface area contributed by atoms with E-state index in [9.17, 15) is 4.79 Å². The van der Waals surface area contributed by atoms with Gasteiger partial charge in [-0.2, -0.15) is 0 Å². The largest absolute Gasteiger partial charge is 0.497 e. The Hall–Kier alpha value is -1.71. The Morgan fingerprint density at radius 1 is 1.32 bits per heavy atom. The molecule has 0 unspecified atom stereocenters. The minimum atomic E-state index is 0.0473. The number of amides is 1. The van der Waals surface area contributed by atoms with Crippen LogP contribution in [0.1, 0.15) is 30.1 Å². The molecule has 104 valence electrons. The van der Waals surface area contributed by atoms with Crippen LogP contribution in [-0.2, 0) is 0 Å². The van der Waals surface area contributed by atoms with Gasteiger partial charge in [-0.05, 0) is 30.9 Å². The van der Waals surface area contributed by atoms with Crippen molar-refractivity contribution in [1.82, 2.24) is 4.90 Å². The fraction of sp³-hybridized carbons (Fsp3) is 0.533. The summed E-state index contributed by atoms with van der Waals surface area (Å²) in [7, 11) is 3.17. The van der Waals surface area contributed by atoms with Gasteiger partial charge in [0.25, 0.3) is 5.91 Å². The van der Waals surface area contributed by atoms with Crippen molar-refractivity contribution in [2.45, 2.75) is 19.8 Å². The summed E-state index contributed by atoms with van der Waals surface area (Å²) in [5, 5.41) is 0. The van der Waals surface area contributed by atoms with Crippen LogP contribution < -0.4 is 9.47 Å². The van der Waals surface area contributed by atoms with Crippen molar-refractivity contribution in [1.29, 1.82) is 0 Å². The molecule has 1 aliphatic rings. The molecular formula is C15H21NO3. The Labute approximate surface area is 114 Å². The topological polar surface area (TPSA) is 38.8 Å². The SMILES string of the molecule is COc1ccc(C(=O)N2CCC[C@H](C)C2)c(OC)c1. The highest BCUT2D eigenvalue weighted by Crippen LogP contribution is 2.27. The van der Waals surface area contributed by atoms with Crippen LogP contribution >= 0.6 is 0 Å². The average molecular weight is 263 g/mol. The Kier molecular flexibility index (Phi) is 4.30. The molecule has 0 saturated carbocycles. The maximum Gasteiger partial charge on any atom is 0.257 e. The van der Waals surface area contributed by atoms with Crippen LogP contribution in [0.2, 0.25) is 0 Å². The molecule has 1 heterocycles. The summed E-state index contributed by atoms with van der Waals surface area (Å²) in [5.41, 5.74) is 0.609. The first-order valence-corrected chi connectivity index (χ1v) is 6.67. The fourth-order valence-corrected chi connectivity index (χ4v) is 2.52. The Bertz CT molecular complexity index is 459. The van der Waals surface area contributed by atoms with Crippen molar-refractivity contribution < 1.29 is 14.3 Å². The van der Waals surface area contributed by atoms with Gasteiger partial charge in [0.15, 0.2) is 0 Å². The summed E-state index contributed by atoms with van der Waals surface area (Å²) in [6.45, 7) is 3.84. The minimum Gasteiger partial charge on any atom is -0.497 e. The first kappa shape index (κ1) is 13.7. The van der Waals surface area contributed by atoms with Crippen LogP contribution in [0.15, 0.2) is 18.2 Å². The third kappa shape index (κ3) is 3.00. The monoisotopic (exact) mass is 263 g/mol. The molecule has 1 aliphatic heterocycles. The van der Waals surface area contributed by atoms with E-state index in [4.69, 9.17) is 9.47 Å². The number of carbonyl (C=O) groups is 1. The zero-order valence-electron chi connectivity index (χ0n) is 11.8. The molecule has 0 aliphatic carbocycles. The van der Waals surface area contributed by atoms with E-state index in [-0.39, 0.29) is 5.91 Å². The van der Waals surface area contributed by atoms with E-state index in [0.29, 0.717) is 23.0 Å². The summed E-state index contributed by atoms with van der Waals surface area (Å²) in [5.74, 6) is 1.89. The van der Waals surface area contributed by atoms with Crippen LogP contribution in [0.3, 0.4) is 0 Å². The van der Waals surface area contributed by atoms with Crippen LogP contribution in [0.25, 0.3) is 0 Å². The van der Waals surface area contributed by atoms with Crippen molar-refractivity contribution in [2.24, 2.45) is 5.92 Å². The van der Waals surface area contributed by atoms with Crippen LogP contribution in [0.5, 0.6) is 11.5 Å². The first-order chi connectivity index (χ1) is 9.15. The molecule has 19 heavy (non-hydrogen) atoms. The van der Waals surface area contributed by atoms with E-state index in [1.165, 1.54) is 6.42 Å². The van der Waals surface area contributed by atoms with Crippen molar-refractivity contribution in [2.75, 3.05) is 27.3 Å². The molecule has 1 aromatic carbocycles. The molecule has 0 radical (unpaired) electrons. The molecular weight excluding hydrogens is 242 g/mol. The van der Waals surface area contributed by atoms with Crippen molar-refractivity contribution in [3.8, 4) is 11.5 Å². The lowest BCUT2D eigenvalue weighted by Gasteiger charge is -2.31. The van der Waals surface area contributed by atoms with Gasteiger partial charge in [0.2, 0.25) is 0 Å². The molecule has 0 aromatic heterocycles. The van der Waals surface area contributed by atoms with Gasteiger partial charge in [0, 0.05) is 19.2 Å². The molecule has 1 saturated heterocycles. The van der Waals surface area contributed by atoms with Crippen molar-refractivity contribution in [3.05, 3.63) is 23.8 Å². The molecule has 0 bridgehead atoms. The number of likely N-dealkylation sites (tertiary alicyclic amines) is 1. The number of rotatable bonds is 3. The predicted octanol–water partition coefficient (Wildman–Crippen LogP) is 2.58. The van der Waals surface area contributed by atoms with E-state index in [1.807, 2.05) is 4.90 Å². The Morgan fingerprint density at radius 3 is 2.74 bits per heavy atom. The summed E-state index contributed by atoms with van der Waals surface area (Å²) in [6, 6.07) is 5.32. The molecule has 1 aromatic rings. The van der Waals surface area contributed by atoms with E-state index in [1.54, 1.807) is 32.4 Å². The van der Waals surface area contributed by atoms with Crippen molar-refractivity contribution >= 4 is 5.91 Å². The van der Waals surface area contributed by atoms with Crippen molar-refractivity contribution in [3.63, 3.8) is 0 Å². The lowest BCUT2D eigenvalue weighted by molar-refractivity contribution is 0.0679. The number of ether oxygens (including phenoxy) is 2. The van der Waals surface area contributed by atoms with Gasteiger partial charge >= 0.3 is 0 Å². The number of carbonyl (C=O) groups excluding carboxylic acids is 1. The average Bonchev–Trinajstić information content (AvgIpc) is 2.45. The summed E-state index contributed by atoms with van der Waals surface area (Å²) < 4.78 is 10.4. The third-order valence-electron chi connectivity index (χ3n) is 3.58. The van der Waals surface area contributed by atoms with Crippen LogP contribution in [0, 0.1) is 5.92 Å². The van der Waals surface area contributed by atoms with E-state index in [0.717, 1.165) is 19.5 Å². The maximum absolute atomic E-state index is 12.5. The molecule has 4 nitrogen and oxygen atoms in total. The predicted molar refractivity (Wildman–Crippen MR) is 73.8 cm³/mol. The highest BCUT2D eigenvalue weighted by atomic mass is 16.5. The van der Waals surface area contributed by atoms with Gasteiger partial charge in [0.05, 0.1) is 19.8 Å². The highest BCUT2D eigenvalue weighted by Gasteiger charge is 2.24. The summed E-state index contributed by atoms with van der Waals surface area (Å²) in [6.07, 6.45) is 2.27. The second-order valence-corrected chi connectivity index (χ2v) is 5.06. The third-order valence-corrected chi connectivity index (χ3v) is 3.58. The number of benzene rings is 1. The molecule has 0 N–H and O–H groups in total. The number of methoxy groups -OCH3 is 2. The number of hydrogen-bond donors (Lipinski definition) is 0. The molecule has 1 atom stereocenters. The zero-order chi connectivity index (χ0) is 13.8. The lowest BCUT2D eigenvalue weighted by atomic mass is 9.99.